The van der Waals surface area contributed by atoms with Crippen molar-refractivity contribution in [2.24, 2.45) is 46.8 Å². The Balaban J connectivity index is 1.82. The fourth-order valence-corrected chi connectivity index (χ4v) is 14.4. The number of carboxylic acids is 3. The second kappa shape index (κ2) is 61.4. The Bertz CT molecular complexity index is 4840. The Morgan fingerprint density at radius 1 is 0.438 bits per heavy atom. The van der Waals surface area contributed by atoms with E-state index in [-0.39, 0.29) is 58.0 Å². The van der Waals surface area contributed by atoms with Crippen molar-refractivity contribution in [3.63, 3.8) is 0 Å². The molecule has 2 aromatic rings. The van der Waals surface area contributed by atoms with Crippen molar-refractivity contribution in [1.29, 1.82) is 5.41 Å². The van der Waals surface area contributed by atoms with E-state index in [9.17, 15) is 146 Å². The maximum absolute atomic E-state index is 14.8. The maximum Gasteiger partial charge on any atom is 0.322 e. The van der Waals surface area contributed by atoms with Crippen LogP contribution in [0.4, 0.5) is 0 Å². The number of aliphatic hydroxyl groups excluding tert-OH is 5. The van der Waals surface area contributed by atoms with Crippen LogP contribution in [0.25, 0.3) is 10.9 Å². The van der Waals surface area contributed by atoms with Gasteiger partial charge in [-0.05, 0) is 93.6 Å². The number of guanidine groups is 1. The van der Waals surface area contributed by atoms with Crippen molar-refractivity contribution in [2.75, 3.05) is 59.2 Å². The van der Waals surface area contributed by atoms with Crippen LogP contribution in [-0.4, -0.2) is 361 Å². The lowest BCUT2D eigenvalue weighted by atomic mass is 9.97. The molecule has 2 heterocycles. The summed E-state index contributed by atoms with van der Waals surface area (Å²) in [4.78, 5) is 315. The van der Waals surface area contributed by atoms with Gasteiger partial charge < -0.3 is 169 Å². The number of aliphatic hydroxyl groups is 5. The van der Waals surface area contributed by atoms with Crippen molar-refractivity contribution in [1.82, 2.24) is 111 Å². The molecule has 0 saturated carbocycles. The molecule has 144 heavy (non-hydrogen) atoms. The van der Waals surface area contributed by atoms with E-state index in [0.29, 0.717) is 22.9 Å². The summed E-state index contributed by atoms with van der Waals surface area (Å²) in [5.41, 5.74) is 17.7. The SMILES string of the molecule is CC[C@H](C)[C@H](NC(=O)CNC(=O)[C@H](CO)NC(=O)[C@@H](NC(=O)[C@@H](N)[C@@H](C)O)C(C)C)C(=O)N[C@@H](CC(=O)O)C(=O)N[C@@H](CC(C)C)C(=O)N[C@@H](CO)C(=O)N[C@@H](CO)C(=O)N[C@@H](CC(=O)O)C(=O)N[C@@H](CO)C(=O)N[C@H](C(=O)NCC(=O)N[C@@H](Cc1c[nH]c2ccccc12)C(=O)N[C@H](C(=O)N[C@@H](CCCNC(=N)N)C(=O)N[C@@H](CCC(N)=O)C(=O)N[C@@H](C)C(=O)N1CCC[C@H]1C(=O)NCC(=O)O)C(C)C)[C@@H](C)CC. The van der Waals surface area contributed by atoms with Gasteiger partial charge in [0, 0.05) is 43.0 Å². The van der Waals surface area contributed by atoms with Crippen LogP contribution < -0.4 is 118 Å². The minimum atomic E-state index is -2.23. The number of likely N-dealkylation sites (tertiary alicyclic amines) is 1. The number of rotatable bonds is 64. The number of benzene rings is 1. The highest BCUT2D eigenvalue weighted by atomic mass is 16.4. The summed E-state index contributed by atoms with van der Waals surface area (Å²) < 4.78 is 0. The standard InChI is InChI=1S/C88H141N25O31/c1-13-42(9)69(83(140)96-32-61(120)99-52(28-46-31-94-48-20-16-15-19-47(46)48)77(134)110-67(40(5)6)84(141)101-49(21-17-25-93-88(91)92)73(130)100-50(23-24-60(89)119)72(129)98-44(11)87(144)113-26-18-22-59(113)81(138)97-34-65(126)127)112-80(137)58(38-117)106-76(133)53(29-63(122)123)103-78(135)56(36-115)107-79(136)57(37-116)105-74(131)51(27-39(3)4)102-75(132)54(30-64(124)125)104-86(143)70(43(10)14-2)109-62(121)33-95-71(128)55(35-114)108-85(142)68(41(7)8)111-82(139)66(90)45(12)118/h15-16,19-20,31,39-45,49-59,66-70,94,114-118H,13-14,17-18,21-30,32-38,90H2,1-12H3,(H2,89,119)(H,95,128)(H,96,140)(H,97,138)(H,98,129)(H,99,120)(H,100,130)(H,101,141)(H,102,132)(H,103,135)(H,104,143)(H,105,131)(H,106,133)(H,107,136)(H,108,142)(H,109,121)(H,110,134)(H,111,139)(H,112,137)(H,122,123)(H,124,125)(H,126,127)(H4,91,92,93)/t42-,43-,44-,45+,49-,50-,51-,52-,53-,54-,55-,56-,57-,58-,59-,66-,67-,68-,69-,70-/m0/s1. The molecule has 1 aliphatic rings. The van der Waals surface area contributed by atoms with E-state index in [1.165, 1.54) is 55.4 Å². The van der Waals surface area contributed by atoms with Crippen LogP contribution in [-0.2, 0) is 117 Å². The lowest BCUT2D eigenvalue weighted by Crippen LogP contribution is -2.62. The Hall–Kier alpha value is -14.4. The molecule has 1 aromatic heterocycles. The van der Waals surface area contributed by atoms with Gasteiger partial charge in [0.1, 0.15) is 109 Å². The Kier molecular flexibility index (Phi) is 52.8. The molecular formula is C88H141N25O31. The Labute approximate surface area is 827 Å². The number of carbonyl (C=O) groups is 23. The smallest absolute Gasteiger partial charge is 0.322 e. The van der Waals surface area contributed by atoms with E-state index in [1.807, 2.05) is 16.0 Å². The molecule has 1 fully saturated rings. The van der Waals surface area contributed by atoms with Gasteiger partial charge in [-0.3, -0.25) is 116 Å². The first-order chi connectivity index (χ1) is 67.6. The molecular weight excluding hydrogens is 1900 g/mol. The fourth-order valence-electron chi connectivity index (χ4n) is 14.4. The number of primary amides is 1. The zero-order chi connectivity index (χ0) is 109. The number of carboxylic acid groups (broad SMARTS) is 3. The highest BCUT2D eigenvalue weighted by Gasteiger charge is 2.43. The number of aromatic amines is 1. The summed E-state index contributed by atoms with van der Waals surface area (Å²) in [5.74, 6) is -30.9. The zero-order valence-corrected chi connectivity index (χ0v) is 82.2. The number of amides is 20. The third-order valence-electron chi connectivity index (χ3n) is 23.1. The predicted molar refractivity (Wildman–Crippen MR) is 506 cm³/mol. The third kappa shape index (κ3) is 41.3. The number of aromatic nitrogens is 1. The van der Waals surface area contributed by atoms with Crippen molar-refractivity contribution in [2.45, 2.75) is 269 Å². The number of nitrogens with zero attached hydrogens (tertiary/aromatic N) is 1. The summed E-state index contributed by atoms with van der Waals surface area (Å²) in [6.07, 6.45) is -3.20. The van der Waals surface area contributed by atoms with Gasteiger partial charge in [-0.25, -0.2) is 0 Å². The summed E-state index contributed by atoms with van der Waals surface area (Å²) in [7, 11) is 0. The number of nitrogens with one attached hydrogen (secondary N) is 21. The van der Waals surface area contributed by atoms with Crippen LogP contribution >= 0.6 is 0 Å². The van der Waals surface area contributed by atoms with Gasteiger partial charge in [-0.1, -0.05) is 100 Å². The molecule has 804 valence electrons. The van der Waals surface area contributed by atoms with E-state index < -0.39 is 352 Å². The number of hydrogen-bond donors (Lipinski definition) is 32. The van der Waals surface area contributed by atoms with Crippen LogP contribution in [0.3, 0.4) is 0 Å². The highest BCUT2D eigenvalue weighted by molar-refractivity contribution is 6.03. The van der Waals surface area contributed by atoms with Gasteiger partial charge >= 0.3 is 17.9 Å². The van der Waals surface area contributed by atoms with Crippen LogP contribution in [0.15, 0.2) is 30.5 Å². The number of carbonyl (C=O) groups excluding carboxylic acids is 20. The van der Waals surface area contributed by atoms with E-state index in [1.54, 1.807) is 58.2 Å². The average Bonchev–Trinajstić information content (AvgIpc) is 1.44. The molecule has 56 nitrogen and oxygen atoms in total. The summed E-state index contributed by atoms with van der Waals surface area (Å²) in [6.45, 7) is 10.4. The molecule has 0 spiro atoms. The molecule has 56 heteroatoms. The molecule has 1 aliphatic heterocycles. The van der Waals surface area contributed by atoms with Crippen molar-refractivity contribution in [3.8, 4) is 0 Å². The van der Waals surface area contributed by atoms with Gasteiger partial charge in [0.05, 0.1) is 58.5 Å². The Morgan fingerprint density at radius 2 is 0.840 bits per heavy atom. The second-order valence-electron chi connectivity index (χ2n) is 35.8. The number of hydrogen-bond acceptors (Lipinski definition) is 30. The van der Waals surface area contributed by atoms with Crippen molar-refractivity contribution < 1.29 is 151 Å². The lowest BCUT2D eigenvalue weighted by molar-refractivity contribution is -0.143. The van der Waals surface area contributed by atoms with Crippen LogP contribution in [0.5, 0.6) is 0 Å². The fraction of sp³-hybridized carbons (Fsp3) is 0.636. The predicted octanol–water partition coefficient (Wildman–Crippen LogP) is -12.0. The largest absolute Gasteiger partial charge is 0.481 e. The first-order valence-electron chi connectivity index (χ1n) is 46.7. The van der Waals surface area contributed by atoms with Crippen LogP contribution in [0.1, 0.15) is 159 Å². The molecule has 3 rings (SSSR count). The Morgan fingerprint density at radius 3 is 1.33 bits per heavy atom. The van der Waals surface area contributed by atoms with Gasteiger partial charge in [0.2, 0.25) is 118 Å². The second-order valence-corrected chi connectivity index (χ2v) is 35.8. The van der Waals surface area contributed by atoms with Gasteiger partial charge in [-0.2, -0.15) is 0 Å². The van der Waals surface area contributed by atoms with E-state index >= 15 is 0 Å². The van der Waals surface area contributed by atoms with E-state index in [0.717, 1.165) is 4.90 Å². The quantitative estimate of drug-likeness (QED) is 0.0166. The first kappa shape index (κ1) is 124. The number of fused-ring (bicyclic) bond motifs is 1. The average molecular weight is 2050 g/mol. The summed E-state index contributed by atoms with van der Waals surface area (Å²) in [6, 6.07) is -22.0. The van der Waals surface area contributed by atoms with Crippen molar-refractivity contribution >= 4 is 153 Å². The van der Waals surface area contributed by atoms with Crippen molar-refractivity contribution in [3.05, 3.63) is 36.0 Å². The van der Waals surface area contributed by atoms with Gasteiger partial charge in [0.15, 0.2) is 5.96 Å². The molecule has 20 amide bonds. The number of H-pyrrole nitrogens is 1. The molecule has 1 aromatic carbocycles. The minimum absolute atomic E-state index is 0.0117. The highest BCUT2D eigenvalue weighted by Crippen LogP contribution is 2.23. The monoisotopic (exact) mass is 2040 g/mol. The van der Waals surface area contributed by atoms with Crippen LogP contribution in [0.2, 0.25) is 0 Å². The number of aliphatic carboxylic acids is 3. The molecule has 20 atom stereocenters. The number of nitrogens with two attached hydrogens (primary N) is 3. The molecule has 0 aliphatic carbocycles. The van der Waals surface area contributed by atoms with Gasteiger partial charge in [0.25, 0.3) is 0 Å². The van der Waals surface area contributed by atoms with E-state index in [2.05, 4.69) is 90.1 Å². The molecule has 0 unspecified atom stereocenters. The summed E-state index contributed by atoms with van der Waals surface area (Å²) >= 11 is 0. The van der Waals surface area contributed by atoms with E-state index in [4.69, 9.17) is 27.7 Å². The molecule has 1 saturated heterocycles. The molecule has 0 radical (unpaired) electrons. The molecule has 0 bridgehead atoms. The lowest BCUT2D eigenvalue weighted by Gasteiger charge is -2.29. The first-order valence-corrected chi connectivity index (χ1v) is 46.7. The zero-order valence-electron chi connectivity index (χ0n) is 82.2. The molecule has 35 N–H and O–H groups in total. The normalized spacial score (nSPS) is 16.2. The van der Waals surface area contributed by atoms with Gasteiger partial charge in [-0.15, -0.1) is 0 Å². The maximum atomic E-state index is 14.8. The minimum Gasteiger partial charge on any atom is -0.481 e. The third-order valence-corrected chi connectivity index (χ3v) is 23.1. The topological polar surface area (TPSA) is 904 Å². The number of para-hydroxylation sites is 1. The van der Waals surface area contributed by atoms with Crippen LogP contribution in [0, 0.1) is 35.0 Å². The summed E-state index contributed by atoms with van der Waals surface area (Å²) in [5, 5.41) is 132.